The lowest BCUT2D eigenvalue weighted by Crippen LogP contribution is -2.24. The molecule has 0 aromatic carbocycles. The Hall–Kier alpha value is -2.50. The number of rotatable bonds is 5. The molecule has 0 saturated heterocycles. The first-order chi connectivity index (χ1) is 9.69. The quantitative estimate of drug-likeness (QED) is 0.862. The van der Waals surface area contributed by atoms with Gasteiger partial charge < -0.3 is 10.6 Å². The number of nitrogens with zero attached hydrogens (tertiary/aromatic N) is 3. The summed E-state index contributed by atoms with van der Waals surface area (Å²) in [6, 6.07) is 3.52. The lowest BCUT2D eigenvalue weighted by Gasteiger charge is -2.06. The van der Waals surface area contributed by atoms with E-state index in [1.54, 1.807) is 24.7 Å². The SMILES string of the molecule is CCNc1ccc(C(=O)NCc2cnc(C)cn2)nc1. The molecule has 6 heteroatoms. The fourth-order valence-corrected chi connectivity index (χ4v) is 1.61. The molecule has 0 spiro atoms. The Bertz CT molecular complexity index is 565. The van der Waals surface area contributed by atoms with E-state index < -0.39 is 0 Å². The molecule has 2 aromatic heterocycles. The first-order valence-corrected chi connectivity index (χ1v) is 6.44. The van der Waals surface area contributed by atoms with E-state index in [1.165, 1.54) is 0 Å². The second kappa shape index (κ2) is 6.60. The van der Waals surface area contributed by atoms with E-state index in [0.29, 0.717) is 17.9 Å². The summed E-state index contributed by atoms with van der Waals surface area (Å²) in [7, 11) is 0. The van der Waals surface area contributed by atoms with E-state index in [-0.39, 0.29) is 5.91 Å². The van der Waals surface area contributed by atoms with E-state index in [9.17, 15) is 4.79 Å². The number of nitrogens with one attached hydrogen (secondary N) is 2. The molecule has 0 saturated carbocycles. The number of pyridine rings is 1. The van der Waals surface area contributed by atoms with E-state index in [4.69, 9.17) is 0 Å². The maximum absolute atomic E-state index is 11.9. The summed E-state index contributed by atoms with van der Waals surface area (Å²) in [5, 5.41) is 5.89. The zero-order chi connectivity index (χ0) is 14.4. The van der Waals surface area contributed by atoms with Crippen LogP contribution in [0.4, 0.5) is 5.69 Å². The molecule has 2 aromatic rings. The van der Waals surface area contributed by atoms with Gasteiger partial charge in [-0.05, 0) is 26.0 Å². The monoisotopic (exact) mass is 271 g/mol. The van der Waals surface area contributed by atoms with Crippen molar-refractivity contribution in [2.24, 2.45) is 0 Å². The Morgan fingerprint density at radius 3 is 2.60 bits per heavy atom. The van der Waals surface area contributed by atoms with E-state index in [0.717, 1.165) is 17.9 Å². The molecule has 0 aliphatic carbocycles. The first kappa shape index (κ1) is 13.9. The Morgan fingerprint density at radius 2 is 2.00 bits per heavy atom. The second-order valence-corrected chi connectivity index (χ2v) is 4.29. The summed E-state index contributed by atoms with van der Waals surface area (Å²) in [5.41, 5.74) is 2.84. The third-order valence-electron chi connectivity index (χ3n) is 2.64. The standard InChI is InChI=1S/C14H17N5O/c1-3-15-11-4-5-13(18-7-11)14(20)19-9-12-8-16-10(2)6-17-12/h4-8,15H,3,9H2,1-2H3,(H,19,20). The van der Waals surface area contributed by atoms with Crippen molar-refractivity contribution >= 4 is 11.6 Å². The van der Waals surface area contributed by atoms with E-state index >= 15 is 0 Å². The normalized spacial score (nSPS) is 10.1. The van der Waals surface area contributed by atoms with Crippen molar-refractivity contribution in [2.75, 3.05) is 11.9 Å². The van der Waals surface area contributed by atoms with Crippen molar-refractivity contribution in [1.29, 1.82) is 0 Å². The number of aromatic nitrogens is 3. The van der Waals surface area contributed by atoms with Gasteiger partial charge in [-0.25, -0.2) is 4.98 Å². The molecular formula is C14H17N5O. The van der Waals surface area contributed by atoms with Gasteiger partial charge in [0.1, 0.15) is 5.69 Å². The van der Waals surface area contributed by atoms with Crippen LogP contribution < -0.4 is 10.6 Å². The van der Waals surface area contributed by atoms with Gasteiger partial charge in [0.25, 0.3) is 5.91 Å². The molecule has 2 rings (SSSR count). The first-order valence-electron chi connectivity index (χ1n) is 6.44. The highest BCUT2D eigenvalue weighted by Crippen LogP contribution is 2.05. The highest BCUT2D eigenvalue weighted by Gasteiger charge is 2.07. The predicted octanol–water partition coefficient (Wildman–Crippen LogP) is 1.54. The molecule has 2 N–H and O–H groups in total. The van der Waals surface area contributed by atoms with Gasteiger partial charge in [-0.15, -0.1) is 0 Å². The van der Waals surface area contributed by atoms with Crippen LogP contribution in [0.15, 0.2) is 30.7 Å². The third kappa shape index (κ3) is 3.74. The molecule has 0 unspecified atom stereocenters. The lowest BCUT2D eigenvalue weighted by atomic mass is 10.3. The molecule has 0 aliphatic rings. The molecule has 0 aliphatic heterocycles. The van der Waals surface area contributed by atoms with Crippen LogP contribution in [0, 0.1) is 6.92 Å². The number of amides is 1. The molecule has 0 fully saturated rings. The minimum Gasteiger partial charge on any atom is -0.384 e. The molecule has 6 nitrogen and oxygen atoms in total. The summed E-state index contributed by atoms with van der Waals surface area (Å²) in [5.74, 6) is -0.226. The second-order valence-electron chi connectivity index (χ2n) is 4.29. The highest BCUT2D eigenvalue weighted by molar-refractivity contribution is 5.92. The summed E-state index contributed by atoms with van der Waals surface area (Å²) >= 11 is 0. The van der Waals surface area contributed by atoms with Crippen molar-refractivity contribution in [1.82, 2.24) is 20.3 Å². The number of anilines is 1. The van der Waals surface area contributed by atoms with Crippen molar-refractivity contribution in [3.63, 3.8) is 0 Å². The van der Waals surface area contributed by atoms with Gasteiger partial charge in [0, 0.05) is 12.7 Å². The van der Waals surface area contributed by atoms with Crippen molar-refractivity contribution < 1.29 is 4.79 Å². The number of carbonyl (C=O) groups is 1. The average Bonchev–Trinajstić information content (AvgIpc) is 2.47. The van der Waals surface area contributed by atoms with Crippen LogP contribution in [0.25, 0.3) is 0 Å². The van der Waals surface area contributed by atoms with Crippen LogP contribution in [-0.4, -0.2) is 27.4 Å². The molecule has 20 heavy (non-hydrogen) atoms. The van der Waals surface area contributed by atoms with Crippen LogP contribution >= 0.6 is 0 Å². The van der Waals surface area contributed by atoms with Crippen LogP contribution in [-0.2, 0) is 6.54 Å². The number of aryl methyl sites for hydroxylation is 1. The topological polar surface area (TPSA) is 79.8 Å². The van der Waals surface area contributed by atoms with Crippen molar-refractivity contribution in [2.45, 2.75) is 20.4 Å². The van der Waals surface area contributed by atoms with Crippen molar-refractivity contribution in [3.05, 3.63) is 47.8 Å². The number of carbonyl (C=O) groups excluding carboxylic acids is 1. The summed E-state index contributed by atoms with van der Waals surface area (Å²) in [6.07, 6.45) is 4.96. The fraction of sp³-hybridized carbons (Fsp3) is 0.286. The van der Waals surface area contributed by atoms with Gasteiger partial charge in [0.15, 0.2) is 0 Å². The van der Waals surface area contributed by atoms with Gasteiger partial charge in [-0.2, -0.15) is 0 Å². The van der Waals surface area contributed by atoms with Crippen molar-refractivity contribution in [3.8, 4) is 0 Å². The number of hydrogen-bond donors (Lipinski definition) is 2. The number of hydrogen-bond acceptors (Lipinski definition) is 5. The van der Waals surface area contributed by atoms with Gasteiger partial charge in [-0.1, -0.05) is 0 Å². The molecule has 2 heterocycles. The molecule has 0 bridgehead atoms. The third-order valence-corrected chi connectivity index (χ3v) is 2.64. The highest BCUT2D eigenvalue weighted by atomic mass is 16.1. The Balaban J connectivity index is 1.92. The summed E-state index contributed by atoms with van der Waals surface area (Å²) < 4.78 is 0. The van der Waals surface area contributed by atoms with Crippen LogP contribution in [0.1, 0.15) is 28.8 Å². The summed E-state index contributed by atoms with van der Waals surface area (Å²) in [4.78, 5) is 24.3. The van der Waals surface area contributed by atoms with Crippen LogP contribution in [0.3, 0.4) is 0 Å². The zero-order valence-electron chi connectivity index (χ0n) is 11.6. The Labute approximate surface area is 117 Å². The Morgan fingerprint density at radius 1 is 1.15 bits per heavy atom. The lowest BCUT2D eigenvalue weighted by molar-refractivity contribution is 0.0945. The van der Waals surface area contributed by atoms with Crippen LogP contribution in [0.5, 0.6) is 0 Å². The van der Waals surface area contributed by atoms with Gasteiger partial charge in [-0.3, -0.25) is 14.8 Å². The van der Waals surface area contributed by atoms with Crippen LogP contribution in [0.2, 0.25) is 0 Å². The minimum absolute atomic E-state index is 0.226. The molecule has 1 amide bonds. The molecular weight excluding hydrogens is 254 g/mol. The van der Waals surface area contributed by atoms with E-state index in [2.05, 4.69) is 25.6 Å². The molecule has 0 radical (unpaired) electrons. The smallest absolute Gasteiger partial charge is 0.270 e. The van der Waals surface area contributed by atoms with E-state index in [1.807, 2.05) is 19.9 Å². The maximum atomic E-state index is 11.9. The van der Waals surface area contributed by atoms with Gasteiger partial charge >= 0.3 is 0 Å². The zero-order valence-corrected chi connectivity index (χ0v) is 11.6. The minimum atomic E-state index is -0.226. The summed E-state index contributed by atoms with van der Waals surface area (Å²) in [6.45, 7) is 5.02. The molecule has 0 atom stereocenters. The largest absolute Gasteiger partial charge is 0.384 e. The molecule has 104 valence electrons. The van der Waals surface area contributed by atoms with Gasteiger partial charge in [0.05, 0.1) is 36.0 Å². The fourth-order valence-electron chi connectivity index (χ4n) is 1.61. The van der Waals surface area contributed by atoms with Gasteiger partial charge in [0.2, 0.25) is 0 Å². The maximum Gasteiger partial charge on any atom is 0.270 e. The predicted molar refractivity (Wildman–Crippen MR) is 76.3 cm³/mol. The average molecular weight is 271 g/mol. The Kier molecular flexibility index (Phi) is 4.60.